The summed E-state index contributed by atoms with van der Waals surface area (Å²) in [5, 5.41) is 0. The molecule has 2 aromatic rings. The second-order valence-electron chi connectivity index (χ2n) is 4.05. The zero-order chi connectivity index (χ0) is 13.7. The number of halogens is 2. The summed E-state index contributed by atoms with van der Waals surface area (Å²) in [5.74, 6) is 0.429. The molecule has 1 aromatic heterocycles. The molecular formula is C14H15BrFN3. The maximum Gasteiger partial charge on any atom is 0.147 e. The van der Waals surface area contributed by atoms with Crippen molar-refractivity contribution >= 4 is 27.4 Å². The van der Waals surface area contributed by atoms with Gasteiger partial charge < -0.3 is 10.6 Å². The number of hydrogen-bond acceptors (Lipinski definition) is 3. The first-order chi connectivity index (χ1) is 9.24. The predicted molar refractivity (Wildman–Crippen MR) is 79.0 cm³/mol. The Morgan fingerprint density at radius 2 is 2.00 bits per heavy atom. The van der Waals surface area contributed by atoms with E-state index >= 15 is 0 Å². The SMILES string of the molecule is NCCCN(c1ccccc1F)c1ncccc1Br. The third-order valence-corrected chi connectivity index (χ3v) is 3.34. The molecule has 1 aromatic carbocycles. The summed E-state index contributed by atoms with van der Waals surface area (Å²) in [5.41, 5.74) is 6.07. The molecule has 0 bridgehead atoms. The summed E-state index contributed by atoms with van der Waals surface area (Å²) < 4.78 is 14.8. The Balaban J connectivity index is 2.42. The summed E-state index contributed by atoms with van der Waals surface area (Å²) in [7, 11) is 0. The Labute approximate surface area is 120 Å². The summed E-state index contributed by atoms with van der Waals surface area (Å²) in [4.78, 5) is 6.16. The van der Waals surface area contributed by atoms with E-state index in [1.165, 1.54) is 6.07 Å². The van der Waals surface area contributed by atoms with Gasteiger partial charge in [-0.05, 0) is 53.2 Å². The Morgan fingerprint density at radius 3 is 2.68 bits per heavy atom. The van der Waals surface area contributed by atoms with Crippen LogP contribution in [0.15, 0.2) is 47.1 Å². The van der Waals surface area contributed by atoms with Crippen LogP contribution < -0.4 is 10.6 Å². The van der Waals surface area contributed by atoms with Gasteiger partial charge in [-0.1, -0.05) is 12.1 Å². The quantitative estimate of drug-likeness (QED) is 0.916. The fourth-order valence-electron chi connectivity index (χ4n) is 1.84. The van der Waals surface area contributed by atoms with E-state index in [9.17, 15) is 4.39 Å². The van der Waals surface area contributed by atoms with Crippen LogP contribution in [0.4, 0.5) is 15.9 Å². The number of rotatable bonds is 5. The molecule has 0 radical (unpaired) electrons. The zero-order valence-corrected chi connectivity index (χ0v) is 12.0. The van der Waals surface area contributed by atoms with Crippen molar-refractivity contribution in [1.29, 1.82) is 0 Å². The largest absolute Gasteiger partial charge is 0.330 e. The van der Waals surface area contributed by atoms with Crippen molar-refractivity contribution in [3.8, 4) is 0 Å². The molecule has 100 valence electrons. The van der Waals surface area contributed by atoms with Gasteiger partial charge in [-0.3, -0.25) is 0 Å². The van der Waals surface area contributed by atoms with Crippen LogP contribution >= 0.6 is 15.9 Å². The van der Waals surface area contributed by atoms with Crippen LogP contribution in [0.2, 0.25) is 0 Å². The zero-order valence-electron chi connectivity index (χ0n) is 10.4. The normalized spacial score (nSPS) is 10.5. The second-order valence-corrected chi connectivity index (χ2v) is 4.91. The minimum atomic E-state index is -0.267. The number of aromatic nitrogens is 1. The van der Waals surface area contributed by atoms with Gasteiger partial charge in [0.05, 0.1) is 10.2 Å². The summed E-state index contributed by atoms with van der Waals surface area (Å²) in [6.07, 6.45) is 2.45. The topological polar surface area (TPSA) is 42.1 Å². The molecular weight excluding hydrogens is 309 g/mol. The third kappa shape index (κ3) is 3.30. The molecule has 2 rings (SSSR count). The number of hydrogen-bond donors (Lipinski definition) is 1. The number of nitrogens with zero attached hydrogens (tertiary/aromatic N) is 2. The van der Waals surface area contributed by atoms with Crippen LogP contribution in [-0.2, 0) is 0 Å². The van der Waals surface area contributed by atoms with Gasteiger partial charge in [0, 0.05) is 12.7 Å². The van der Waals surface area contributed by atoms with Crippen LogP contribution in [0, 0.1) is 5.82 Å². The first kappa shape index (κ1) is 14.0. The minimum absolute atomic E-state index is 0.267. The van der Waals surface area contributed by atoms with Crippen LogP contribution in [0.25, 0.3) is 0 Å². The first-order valence-corrected chi connectivity index (χ1v) is 6.86. The summed E-state index contributed by atoms with van der Waals surface area (Å²) in [6, 6.07) is 10.4. The van der Waals surface area contributed by atoms with E-state index in [0.717, 1.165) is 10.9 Å². The van der Waals surface area contributed by atoms with Gasteiger partial charge >= 0.3 is 0 Å². The predicted octanol–water partition coefficient (Wildman–Crippen LogP) is 3.47. The molecule has 19 heavy (non-hydrogen) atoms. The molecule has 0 aliphatic heterocycles. The third-order valence-electron chi connectivity index (χ3n) is 2.72. The highest BCUT2D eigenvalue weighted by Crippen LogP contribution is 2.31. The second kappa shape index (κ2) is 6.63. The number of para-hydroxylation sites is 1. The minimum Gasteiger partial charge on any atom is -0.330 e. The van der Waals surface area contributed by atoms with Gasteiger partial charge in [0.1, 0.15) is 11.6 Å². The molecule has 0 saturated heterocycles. The van der Waals surface area contributed by atoms with Crippen molar-refractivity contribution in [2.24, 2.45) is 5.73 Å². The number of anilines is 2. The van der Waals surface area contributed by atoms with Crippen molar-refractivity contribution in [2.45, 2.75) is 6.42 Å². The van der Waals surface area contributed by atoms with Gasteiger partial charge in [-0.2, -0.15) is 0 Å². The average Bonchev–Trinajstić information content (AvgIpc) is 2.42. The molecule has 1 heterocycles. The van der Waals surface area contributed by atoms with E-state index in [-0.39, 0.29) is 5.82 Å². The molecule has 0 unspecified atom stereocenters. The number of nitrogens with two attached hydrogens (primary N) is 1. The lowest BCUT2D eigenvalue weighted by Crippen LogP contribution is -2.23. The molecule has 0 spiro atoms. The molecule has 0 aliphatic carbocycles. The van der Waals surface area contributed by atoms with E-state index in [2.05, 4.69) is 20.9 Å². The van der Waals surface area contributed by atoms with Gasteiger partial charge in [-0.25, -0.2) is 9.37 Å². The van der Waals surface area contributed by atoms with E-state index in [0.29, 0.717) is 24.6 Å². The molecule has 0 saturated carbocycles. The van der Waals surface area contributed by atoms with Gasteiger partial charge in [0.25, 0.3) is 0 Å². The standard InChI is InChI=1S/C14H15BrFN3/c15-11-5-3-9-18-14(11)19(10-4-8-17)13-7-2-1-6-12(13)16/h1-3,5-7,9H,4,8,10,17H2. The van der Waals surface area contributed by atoms with Crippen LogP contribution in [0.3, 0.4) is 0 Å². The molecule has 0 atom stereocenters. The monoisotopic (exact) mass is 323 g/mol. The molecule has 2 N–H and O–H groups in total. The highest BCUT2D eigenvalue weighted by atomic mass is 79.9. The lowest BCUT2D eigenvalue weighted by Gasteiger charge is -2.25. The van der Waals surface area contributed by atoms with E-state index in [1.807, 2.05) is 23.1 Å². The van der Waals surface area contributed by atoms with Gasteiger partial charge in [-0.15, -0.1) is 0 Å². The maximum atomic E-state index is 14.0. The smallest absolute Gasteiger partial charge is 0.147 e. The Hall–Kier alpha value is -1.46. The maximum absolute atomic E-state index is 14.0. The van der Waals surface area contributed by atoms with Crippen LogP contribution in [-0.4, -0.2) is 18.1 Å². The molecule has 0 fully saturated rings. The number of pyridine rings is 1. The van der Waals surface area contributed by atoms with E-state index in [1.54, 1.807) is 18.3 Å². The van der Waals surface area contributed by atoms with Crippen molar-refractivity contribution in [3.63, 3.8) is 0 Å². The van der Waals surface area contributed by atoms with E-state index in [4.69, 9.17) is 5.73 Å². The lowest BCUT2D eigenvalue weighted by atomic mass is 10.2. The van der Waals surface area contributed by atoms with Crippen molar-refractivity contribution in [1.82, 2.24) is 4.98 Å². The summed E-state index contributed by atoms with van der Waals surface area (Å²) in [6.45, 7) is 1.17. The fraction of sp³-hybridized carbons (Fsp3) is 0.214. The highest BCUT2D eigenvalue weighted by molar-refractivity contribution is 9.10. The van der Waals surface area contributed by atoms with E-state index < -0.39 is 0 Å². The van der Waals surface area contributed by atoms with Crippen molar-refractivity contribution < 1.29 is 4.39 Å². The van der Waals surface area contributed by atoms with Crippen LogP contribution in [0.5, 0.6) is 0 Å². The Morgan fingerprint density at radius 1 is 1.21 bits per heavy atom. The lowest BCUT2D eigenvalue weighted by molar-refractivity contribution is 0.622. The van der Waals surface area contributed by atoms with Crippen molar-refractivity contribution in [3.05, 3.63) is 52.9 Å². The Bertz CT molecular complexity index is 502. The fourth-order valence-corrected chi connectivity index (χ4v) is 2.31. The van der Waals surface area contributed by atoms with Crippen LogP contribution in [0.1, 0.15) is 6.42 Å². The average molecular weight is 324 g/mol. The van der Waals surface area contributed by atoms with Crippen molar-refractivity contribution in [2.75, 3.05) is 18.0 Å². The molecule has 0 amide bonds. The van der Waals surface area contributed by atoms with Gasteiger partial charge in [0.2, 0.25) is 0 Å². The molecule has 5 heteroatoms. The summed E-state index contributed by atoms with van der Waals surface area (Å²) >= 11 is 3.45. The molecule has 0 aliphatic rings. The van der Waals surface area contributed by atoms with Gasteiger partial charge in [0.15, 0.2) is 0 Å². The Kier molecular flexibility index (Phi) is 4.87. The number of benzene rings is 1. The highest BCUT2D eigenvalue weighted by Gasteiger charge is 2.16. The first-order valence-electron chi connectivity index (χ1n) is 6.06. The molecule has 3 nitrogen and oxygen atoms in total.